The van der Waals surface area contributed by atoms with Crippen molar-refractivity contribution >= 4 is 23.4 Å². The van der Waals surface area contributed by atoms with Crippen LogP contribution in [-0.4, -0.2) is 47.2 Å². The Balaban J connectivity index is 1.54. The van der Waals surface area contributed by atoms with Crippen molar-refractivity contribution < 1.29 is 24.3 Å². The molecule has 0 radical (unpaired) electrons. The van der Waals surface area contributed by atoms with E-state index in [0.29, 0.717) is 16.1 Å². The van der Waals surface area contributed by atoms with Crippen LogP contribution < -0.4 is 5.48 Å². The van der Waals surface area contributed by atoms with Gasteiger partial charge in [0.15, 0.2) is 0 Å². The highest BCUT2D eigenvalue weighted by molar-refractivity contribution is 6.30. The molecule has 2 amide bonds. The molecule has 35 heavy (non-hydrogen) atoms. The number of rotatable bonds is 6. The maximum absolute atomic E-state index is 13.7. The molecule has 4 atom stereocenters. The number of carbonyl (C=O) groups is 2. The molecule has 0 spiro atoms. The van der Waals surface area contributed by atoms with Gasteiger partial charge in [0, 0.05) is 10.6 Å². The predicted octanol–water partition coefficient (Wildman–Crippen LogP) is 3.63. The van der Waals surface area contributed by atoms with Crippen molar-refractivity contribution in [2.45, 2.75) is 30.7 Å². The van der Waals surface area contributed by atoms with Crippen molar-refractivity contribution in [2.24, 2.45) is 0 Å². The number of nitrogens with one attached hydrogen (secondary N) is 1. The zero-order valence-electron chi connectivity index (χ0n) is 18.8. The van der Waals surface area contributed by atoms with Crippen LogP contribution in [-0.2, 0) is 21.0 Å². The van der Waals surface area contributed by atoms with Gasteiger partial charge in [0.1, 0.15) is 0 Å². The SMILES string of the molecule is O=C(NOCc1ccccc1)C1c2ccccc2C(=O)N(C2COCC2O)C1c1ccc(Cl)cc1. The van der Waals surface area contributed by atoms with E-state index < -0.39 is 24.1 Å². The molecule has 2 aliphatic heterocycles. The van der Waals surface area contributed by atoms with Crippen LogP contribution in [0.1, 0.15) is 39.0 Å². The first-order chi connectivity index (χ1) is 17.0. The van der Waals surface area contributed by atoms with Crippen LogP contribution in [0.5, 0.6) is 0 Å². The lowest BCUT2D eigenvalue weighted by Gasteiger charge is -2.45. The number of ether oxygens (including phenoxy) is 1. The number of hydroxylamine groups is 1. The van der Waals surface area contributed by atoms with Crippen molar-refractivity contribution in [2.75, 3.05) is 13.2 Å². The molecule has 3 aromatic carbocycles. The van der Waals surface area contributed by atoms with Gasteiger partial charge in [-0.3, -0.25) is 14.4 Å². The molecule has 180 valence electrons. The number of nitrogens with zero attached hydrogens (tertiary/aromatic N) is 1. The molecule has 2 aliphatic rings. The smallest absolute Gasteiger partial charge is 0.255 e. The zero-order chi connectivity index (χ0) is 24.4. The first-order valence-corrected chi connectivity index (χ1v) is 11.8. The Labute approximate surface area is 208 Å². The first kappa shape index (κ1) is 23.5. The predicted molar refractivity (Wildman–Crippen MR) is 130 cm³/mol. The van der Waals surface area contributed by atoms with E-state index in [1.807, 2.05) is 30.3 Å². The van der Waals surface area contributed by atoms with E-state index in [9.17, 15) is 14.7 Å². The summed E-state index contributed by atoms with van der Waals surface area (Å²) in [6.45, 7) is 0.503. The normalized spacial score (nSPS) is 23.7. The van der Waals surface area contributed by atoms with E-state index in [4.69, 9.17) is 21.2 Å². The van der Waals surface area contributed by atoms with E-state index >= 15 is 0 Å². The van der Waals surface area contributed by atoms with Crippen LogP contribution >= 0.6 is 11.6 Å². The van der Waals surface area contributed by atoms with Gasteiger partial charge in [0.2, 0.25) is 0 Å². The molecule has 0 aliphatic carbocycles. The van der Waals surface area contributed by atoms with Crippen LogP contribution in [0.3, 0.4) is 0 Å². The summed E-state index contributed by atoms with van der Waals surface area (Å²) in [5.41, 5.74) is 5.24. The molecule has 1 saturated heterocycles. The second-order valence-corrected chi connectivity index (χ2v) is 9.12. The molecule has 1 fully saturated rings. The number of aliphatic hydroxyl groups is 1. The largest absolute Gasteiger partial charge is 0.388 e. The van der Waals surface area contributed by atoms with E-state index in [1.54, 1.807) is 53.4 Å². The number of carbonyl (C=O) groups excluding carboxylic acids is 2. The van der Waals surface area contributed by atoms with Crippen LogP contribution in [0.2, 0.25) is 5.02 Å². The highest BCUT2D eigenvalue weighted by atomic mass is 35.5. The third kappa shape index (κ3) is 4.68. The molecule has 0 aromatic heterocycles. The average molecular weight is 493 g/mol. The molecule has 8 heteroatoms. The molecule has 0 saturated carbocycles. The molecule has 4 unspecified atom stereocenters. The number of aliphatic hydroxyl groups excluding tert-OH is 1. The molecule has 2 N–H and O–H groups in total. The number of hydrogen-bond acceptors (Lipinski definition) is 5. The Bertz CT molecular complexity index is 1200. The van der Waals surface area contributed by atoms with Crippen LogP contribution in [0.15, 0.2) is 78.9 Å². The standard InChI is InChI=1S/C27H25ClN2O5/c28-19-12-10-18(11-13-19)25-24(26(32)29-35-14-17-6-2-1-3-7-17)20-8-4-5-9-21(20)27(33)30(25)22-15-34-16-23(22)31/h1-13,22-25,31H,14-16H2,(H,29,32). The van der Waals surface area contributed by atoms with Gasteiger partial charge < -0.3 is 14.7 Å². The van der Waals surface area contributed by atoms with Gasteiger partial charge >= 0.3 is 0 Å². The molecular weight excluding hydrogens is 468 g/mol. The van der Waals surface area contributed by atoms with E-state index in [2.05, 4.69) is 5.48 Å². The molecule has 0 bridgehead atoms. The van der Waals surface area contributed by atoms with Crippen molar-refractivity contribution in [3.63, 3.8) is 0 Å². The van der Waals surface area contributed by atoms with Gasteiger partial charge in [-0.05, 0) is 34.9 Å². The maximum Gasteiger partial charge on any atom is 0.255 e. The summed E-state index contributed by atoms with van der Waals surface area (Å²) in [5, 5.41) is 11.2. The quantitative estimate of drug-likeness (QED) is 0.513. The minimum Gasteiger partial charge on any atom is -0.388 e. The summed E-state index contributed by atoms with van der Waals surface area (Å²) < 4.78 is 5.48. The lowest BCUT2D eigenvalue weighted by atomic mass is 9.78. The summed E-state index contributed by atoms with van der Waals surface area (Å²) in [6, 6.07) is 22.3. The number of hydrogen-bond donors (Lipinski definition) is 2. The highest BCUT2D eigenvalue weighted by Crippen LogP contribution is 2.45. The topological polar surface area (TPSA) is 88.1 Å². The van der Waals surface area contributed by atoms with Crippen LogP contribution in [0.4, 0.5) is 0 Å². The summed E-state index contributed by atoms with van der Waals surface area (Å²) in [4.78, 5) is 34.5. The third-order valence-corrected chi connectivity index (χ3v) is 6.76. The molecule has 2 heterocycles. The first-order valence-electron chi connectivity index (χ1n) is 11.4. The Morgan fingerprint density at radius 1 is 1.03 bits per heavy atom. The molecule has 3 aromatic rings. The van der Waals surface area contributed by atoms with E-state index in [-0.39, 0.29) is 31.6 Å². The molecule has 7 nitrogen and oxygen atoms in total. The Kier molecular flexibility index (Phi) is 6.83. The summed E-state index contributed by atoms with van der Waals surface area (Å²) >= 11 is 6.13. The lowest BCUT2D eigenvalue weighted by molar-refractivity contribution is -0.138. The third-order valence-electron chi connectivity index (χ3n) is 6.50. The number of halogens is 1. The Morgan fingerprint density at radius 2 is 1.74 bits per heavy atom. The Morgan fingerprint density at radius 3 is 2.46 bits per heavy atom. The summed E-state index contributed by atoms with van der Waals surface area (Å²) in [5.74, 6) is -1.43. The lowest BCUT2D eigenvalue weighted by Crippen LogP contribution is -2.54. The Hall–Kier alpha value is -3.23. The fraction of sp³-hybridized carbons (Fsp3) is 0.259. The fourth-order valence-electron chi connectivity index (χ4n) is 4.84. The number of benzene rings is 3. The monoisotopic (exact) mass is 492 g/mol. The second kappa shape index (κ2) is 10.2. The summed E-state index contributed by atoms with van der Waals surface area (Å²) in [6.07, 6.45) is -0.864. The van der Waals surface area contributed by atoms with Gasteiger partial charge in [-0.2, -0.15) is 0 Å². The van der Waals surface area contributed by atoms with Crippen molar-refractivity contribution in [3.8, 4) is 0 Å². The summed E-state index contributed by atoms with van der Waals surface area (Å²) in [7, 11) is 0. The van der Waals surface area contributed by atoms with Gasteiger partial charge in [-0.25, -0.2) is 5.48 Å². The van der Waals surface area contributed by atoms with Crippen LogP contribution in [0.25, 0.3) is 0 Å². The molecular formula is C27H25ClN2O5. The highest BCUT2D eigenvalue weighted by Gasteiger charge is 2.49. The van der Waals surface area contributed by atoms with E-state index in [0.717, 1.165) is 11.1 Å². The minimum absolute atomic E-state index is 0.125. The van der Waals surface area contributed by atoms with Gasteiger partial charge in [0.25, 0.3) is 11.8 Å². The van der Waals surface area contributed by atoms with Crippen molar-refractivity contribution in [1.82, 2.24) is 10.4 Å². The molecule has 5 rings (SSSR count). The van der Waals surface area contributed by atoms with E-state index in [1.165, 1.54) is 0 Å². The van der Waals surface area contributed by atoms with Crippen LogP contribution in [0, 0.1) is 0 Å². The maximum atomic E-state index is 13.7. The van der Waals surface area contributed by atoms with Gasteiger partial charge in [0.05, 0.1) is 43.9 Å². The van der Waals surface area contributed by atoms with Gasteiger partial charge in [-0.15, -0.1) is 0 Å². The van der Waals surface area contributed by atoms with Crippen molar-refractivity contribution in [1.29, 1.82) is 0 Å². The van der Waals surface area contributed by atoms with Crippen molar-refractivity contribution in [3.05, 3.63) is 106 Å². The average Bonchev–Trinajstić information content (AvgIpc) is 3.30. The second-order valence-electron chi connectivity index (χ2n) is 8.69. The minimum atomic E-state index is -0.864. The number of fused-ring (bicyclic) bond motifs is 1. The zero-order valence-corrected chi connectivity index (χ0v) is 19.6. The number of amides is 2. The van der Waals surface area contributed by atoms with Gasteiger partial charge in [-0.1, -0.05) is 72.3 Å². The fourth-order valence-corrected chi connectivity index (χ4v) is 4.97.